The Bertz CT molecular complexity index is 1480. The number of thioether (sulfide) groups is 1. The lowest BCUT2D eigenvalue weighted by molar-refractivity contribution is -0.261. The van der Waals surface area contributed by atoms with E-state index in [4.69, 9.17) is 14.2 Å². The molecule has 45 heavy (non-hydrogen) atoms. The molecule has 2 aromatic rings. The molecule has 2 aromatic carbocycles. The number of hydrogen-bond donors (Lipinski definition) is 6. The topological polar surface area (TPSA) is 186 Å². The number of ether oxygens (including phenoxy) is 3. The number of phenols is 2. The summed E-state index contributed by atoms with van der Waals surface area (Å²) < 4.78 is 17.7. The van der Waals surface area contributed by atoms with Gasteiger partial charge in [0.2, 0.25) is 5.78 Å². The largest absolute Gasteiger partial charge is 0.507 e. The molecule has 12 nitrogen and oxygen atoms in total. The van der Waals surface area contributed by atoms with Crippen LogP contribution in [0.1, 0.15) is 68.8 Å². The van der Waals surface area contributed by atoms with Gasteiger partial charge in [0.1, 0.15) is 23.4 Å². The first-order valence-corrected chi connectivity index (χ1v) is 15.8. The zero-order chi connectivity index (χ0) is 31.5. The fourth-order valence-electron chi connectivity index (χ4n) is 7.06. The maximum Gasteiger partial charge on any atom is 0.202 e. The van der Waals surface area contributed by atoms with E-state index in [2.05, 4.69) is 4.90 Å². The van der Waals surface area contributed by atoms with Crippen LogP contribution in [0.4, 0.5) is 0 Å². The van der Waals surface area contributed by atoms with Gasteiger partial charge >= 0.3 is 0 Å². The van der Waals surface area contributed by atoms with Crippen molar-refractivity contribution >= 4 is 35.7 Å². The molecule has 2 heterocycles. The number of benzene rings is 2. The van der Waals surface area contributed by atoms with E-state index in [9.17, 15) is 40.2 Å². The zero-order valence-corrected chi connectivity index (χ0v) is 26.5. The van der Waals surface area contributed by atoms with E-state index < -0.39 is 83.5 Å². The van der Waals surface area contributed by atoms with Crippen LogP contribution in [0.3, 0.4) is 0 Å². The molecule has 7 unspecified atom stereocenters. The number of fused-ring (bicyclic) bond motifs is 3. The quantitative estimate of drug-likeness (QED) is 0.207. The first-order valence-electron chi connectivity index (χ1n) is 14.7. The van der Waals surface area contributed by atoms with Crippen LogP contribution in [0.25, 0.3) is 0 Å². The highest BCUT2D eigenvalue weighted by Crippen LogP contribution is 2.53. The second kappa shape index (κ2) is 13.0. The molecule has 0 bridgehead atoms. The molecule has 0 amide bonds. The minimum Gasteiger partial charge on any atom is -0.507 e. The Hall–Kier alpha value is -2.46. The third kappa shape index (κ3) is 5.62. The lowest BCUT2D eigenvalue weighted by Gasteiger charge is -2.46. The van der Waals surface area contributed by atoms with E-state index in [1.54, 1.807) is 6.92 Å². The minimum absolute atomic E-state index is 0. The van der Waals surface area contributed by atoms with Crippen LogP contribution < -0.4 is 4.74 Å². The highest BCUT2D eigenvalue weighted by molar-refractivity contribution is 7.99. The van der Waals surface area contributed by atoms with E-state index in [1.165, 1.54) is 25.3 Å². The molecule has 7 atom stereocenters. The third-order valence-corrected chi connectivity index (χ3v) is 10.3. The van der Waals surface area contributed by atoms with Gasteiger partial charge in [-0.2, -0.15) is 11.8 Å². The van der Waals surface area contributed by atoms with Crippen LogP contribution in [0.2, 0.25) is 0 Å². The van der Waals surface area contributed by atoms with E-state index in [1.807, 2.05) is 11.8 Å². The number of methoxy groups -OCH3 is 1. The average Bonchev–Trinajstić information content (AvgIpc) is 3.02. The SMILES string of the molecule is COc1cccc2c1C(=O)c1c(O)c3c(c(O)c1C2=O)CC(O)(C(O)CO)CC3OC1CC(N2CCSCC2)C(O)C(C)O1.Cl. The van der Waals surface area contributed by atoms with Gasteiger partial charge in [-0.15, -0.1) is 12.4 Å². The number of aromatic hydroxyl groups is 2. The second-order valence-corrected chi connectivity index (χ2v) is 13.1. The van der Waals surface area contributed by atoms with Gasteiger partial charge in [0.25, 0.3) is 0 Å². The van der Waals surface area contributed by atoms with Crippen LogP contribution in [-0.2, 0) is 15.9 Å². The Labute approximate surface area is 270 Å². The molecular weight excluding hydrogens is 630 g/mol. The Morgan fingerprint density at radius 1 is 1.11 bits per heavy atom. The van der Waals surface area contributed by atoms with Crippen molar-refractivity contribution in [3.63, 3.8) is 0 Å². The Morgan fingerprint density at radius 2 is 1.80 bits per heavy atom. The molecule has 2 fully saturated rings. The van der Waals surface area contributed by atoms with Gasteiger partial charge in [-0.3, -0.25) is 14.5 Å². The number of phenolic OH excluding ortho intramolecular Hbond substituents is 2. The standard InChI is InChI=1S/C31H37NO11S.ClH/c1-14-26(35)17(32-6-8-44-9-7-32)10-21(42-14)43-19-12-31(40,20(34)13-33)11-16-23(19)30(39)25-24(28(16)37)27(36)15-4-3-5-18(41-2)22(15)29(25)38;/h3-5,14,17,19-21,26,33-35,37,39-40H,6-13H2,1-2H3;1H. The van der Waals surface area contributed by atoms with Gasteiger partial charge in [0.05, 0.1) is 54.3 Å². The predicted octanol–water partition coefficient (Wildman–Crippen LogP) is 1.30. The number of aliphatic hydroxyl groups excluding tert-OH is 3. The van der Waals surface area contributed by atoms with Crippen molar-refractivity contribution in [2.75, 3.05) is 38.3 Å². The van der Waals surface area contributed by atoms with Crippen LogP contribution in [0.15, 0.2) is 18.2 Å². The number of rotatable bonds is 6. The van der Waals surface area contributed by atoms with Crippen molar-refractivity contribution in [1.29, 1.82) is 0 Å². The summed E-state index contributed by atoms with van der Waals surface area (Å²) in [5.41, 5.74) is -3.06. The van der Waals surface area contributed by atoms with Gasteiger partial charge in [-0.05, 0) is 13.0 Å². The lowest BCUT2D eigenvalue weighted by atomic mass is 9.71. The van der Waals surface area contributed by atoms with E-state index >= 15 is 0 Å². The smallest absolute Gasteiger partial charge is 0.202 e. The van der Waals surface area contributed by atoms with Crippen molar-refractivity contribution in [2.24, 2.45) is 0 Å². The molecule has 0 spiro atoms. The molecule has 6 N–H and O–H groups in total. The summed E-state index contributed by atoms with van der Waals surface area (Å²) >= 11 is 1.83. The number of hydrogen-bond acceptors (Lipinski definition) is 13. The summed E-state index contributed by atoms with van der Waals surface area (Å²) in [4.78, 5) is 29.7. The van der Waals surface area contributed by atoms with Gasteiger partial charge in [0.15, 0.2) is 12.1 Å². The van der Waals surface area contributed by atoms with Gasteiger partial charge in [0, 0.05) is 66.6 Å². The maximum atomic E-state index is 13.8. The van der Waals surface area contributed by atoms with Crippen molar-refractivity contribution in [3.8, 4) is 17.2 Å². The maximum absolute atomic E-state index is 13.8. The Balaban J connectivity index is 0.00000400. The van der Waals surface area contributed by atoms with Crippen LogP contribution >= 0.6 is 24.2 Å². The number of carbonyl (C=O) groups excluding carboxylic acids is 2. The first kappa shape index (κ1) is 33.9. The van der Waals surface area contributed by atoms with E-state index in [0.717, 1.165) is 24.6 Å². The molecule has 2 aliphatic heterocycles. The summed E-state index contributed by atoms with van der Waals surface area (Å²) in [6, 6.07) is 4.17. The molecule has 2 saturated heterocycles. The zero-order valence-electron chi connectivity index (χ0n) is 24.8. The molecule has 4 aliphatic rings. The number of aliphatic hydroxyl groups is 4. The molecule has 14 heteroatoms. The van der Waals surface area contributed by atoms with Crippen molar-refractivity contribution in [3.05, 3.63) is 51.6 Å². The monoisotopic (exact) mass is 667 g/mol. The summed E-state index contributed by atoms with van der Waals surface area (Å²) in [5.74, 6) is -0.710. The number of nitrogens with zero attached hydrogens (tertiary/aromatic N) is 1. The van der Waals surface area contributed by atoms with Crippen LogP contribution in [0.5, 0.6) is 17.2 Å². The Morgan fingerprint density at radius 3 is 2.47 bits per heavy atom. The molecule has 0 radical (unpaired) electrons. The number of halogens is 1. The van der Waals surface area contributed by atoms with Crippen molar-refractivity contribution in [1.82, 2.24) is 4.90 Å². The van der Waals surface area contributed by atoms with Crippen molar-refractivity contribution < 1.29 is 54.4 Å². The van der Waals surface area contributed by atoms with Crippen LogP contribution in [0, 0.1) is 0 Å². The highest BCUT2D eigenvalue weighted by atomic mass is 35.5. The van der Waals surface area contributed by atoms with E-state index in [0.29, 0.717) is 0 Å². The minimum atomic E-state index is -2.03. The first-order chi connectivity index (χ1) is 21.0. The normalized spacial score (nSPS) is 30.5. The summed E-state index contributed by atoms with van der Waals surface area (Å²) in [5, 5.41) is 66.2. The molecule has 0 aromatic heterocycles. The van der Waals surface area contributed by atoms with Crippen molar-refractivity contribution in [2.45, 2.75) is 68.5 Å². The lowest BCUT2D eigenvalue weighted by Crippen LogP contribution is -2.57. The summed E-state index contributed by atoms with van der Waals surface area (Å²) in [6.07, 6.45) is -5.77. The fraction of sp³-hybridized carbons (Fsp3) is 0.548. The van der Waals surface area contributed by atoms with Gasteiger partial charge in [-0.25, -0.2) is 0 Å². The second-order valence-electron chi connectivity index (χ2n) is 11.9. The van der Waals surface area contributed by atoms with E-state index in [-0.39, 0.29) is 59.3 Å². The summed E-state index contributed by atoms with van der Waals surface area (Å²) in [7, 11) is 1.35. The fourth-order valence-corrected chi connectivity index (χ4v) is 7.99. The molecule has 2 aliphatic carbocycles. The molecule has 6 rings (SSSR count). The highest BCUT2D eigenvalue weighted by Gasteiger charge is 2.50. The van der Waals surface area contributed by atoms with Gasteiger partial charge < -0.3 is 44.8 Å². The summed E-state index contributed by atoms with van der Waals surface area (Å²) in [6.45, 7) is 2.48. The molecular formula is C31H38ClNO11S. The predicted molar refractivity (Wildman–Crippen MR) is 165 cm³/mol. The Kier molecular flexibility index (Phi) is 9.77. The molecule has 246 valence electrons. The number of ketones is 2. The third-order valence-electron chi connectivity index (χ3n) is 9.40. The number of carbonyl (C=O) groups is 2. The molecule has 0 saturated carbocycles. The van der Waals surface area contributed by atoms with Gasteiger partial charge in [-0.1, -0.05) is 12.1 Å². The average molecular weight is 668 g/mol. The van der Waals surface area contributed by atoms with Crippen LogP contribution in [-0.4, -0.2) is 122 Å².